The average molecular weight is 191 g/mol. The third-order valence-electron chi connectivity index (χ3n) is 1.70. The summed E-state index contributed by atoms with van der Waals surface area (Å²) in [5.41, 5.74) is 0.748. The van der Waals surface area contributed by atoms with Crippen LogP contribution in [0.4, 0.5) is 0 Å². The molecule has 1 aromatic heterocycles. The average Bonchev–Trinajstić information content (AvgIpc) is 2.15. The number of allylic oxidation sites excluding steroid dienone is 1. The Hall–Kier alpha value is -1.64. The molecule has 0 bridgehead atoms. The Kier molecular flexibility index (Phi) is 3.40. The van der Waals surface area contributed by atoms with Gasteiger partial charge in [-0.15, -0.1) is 0 Å². The molecule has 74 valence electrons. The van der Waals surface area contributed by atoms with Crippen LogP contribution in [-0.2, 0) is 0 Å². The summed E-state index contributed by atoms with van der Waals surface area (Å²) in [6.07, 6.45) is 5.22. The number of carbonyl (C=O) groups is 1. The van der Waals surface area contributed by atoms with Crippen molar-refractivity contribution in [3.8, 4) is 0 Å². The summed E-state index contributed by atoms with van der Waals surface area (Å²) in [7, 11) is 0. The molecule has 0 aliphatic rings. The van der Waals surface area contributed by atoms with Crippen LogP contribution in [-0.4, -0.2) is 16.1 Å². The van der Waals surface area contributed by atoms with Crippen LogP contribution >= 0.6 is 0 Å². The van der Waals surface area contributed by atoms with Gasteiger partial charge in [0, 0.05) is 11.8 Å². The molecular weight excluding hydrogens is 178 g/mol. The van der Waals surface area contributed by atoms with Crippen molar-refractivity contribution in [3.05, 3.63) is 35.7 Å². The molecule has 1 aromatic rings. The molecule has 14 heavy (non-hydrogen) atoms. The van der Waals surface area contributed by atoms with Gasteiger partial charge in [-0.1, -0.05) is 32.1 Å². The summed E-state index contributed by atoms with van der Waals surface area (Å²) in [6, 6.07) is 3.47. The van der Waals surface area contributed by atoms with E-state index in [0.29, 0.717) is 11.5 Å². The fourth-order valence-electron chi connectivity index (χ4n) is 1.03. The van der Waals surface area contributed by atoms with Crippen molar-refractivity contribution in [1.29, 1.82) is 0 Å². The van der Waals surface area contributed by atoms with Crippen LogP contribution in [0.15, 0.2) is 24.4 Å². The largest absolute Gasteiger partial charge is 0.476 e. The summed E-state index contributed by atoms with van der Waals surface area (Å²) < 4.78 is 0. The molecule has 0 saturated heterocycles. The van der Waals surface area contributed by atoms with Crippen molar-refractivity contribution in [2.75, 3.05) is 0 Å². The van der Waals surface area contributed by atoms with E-state index in [9.17, 15) is 4.79 Å². The van der Waals surface area contributed by atoms with E-state index in [0.717, 1.165) is 0 Å². The van der Waals surface area contributed by atoms with Gasteiger partial charge >= 0.3 is 5.97 Å². The number of hydrogen-bond acceptors (Lipinski definition) is 2. The minimum atomic E-state index is -0.992. The van der Waals surface area contributed by atoms with Crippen LogP contribution in [0.1, 0.15) is 29.9 Å². The fraction of sp³-hybridized carbons (Fsp3) is 0.273. The number of rotatable bonds is 3. The number of carboxylic acids is 1. The summed E-state index contributed by atoms with van der Waals surface area (Å²) in [5.74, 6) is -0.592. The second kappa shape index (κ2) is 4.56. The topological polar surface area (TPSA) is 50.2 Å². The van der Waals surface area contributed by atoms with Gasteiger partial charge in [0.1, 0.15) is 0 Å². The Morgan fingerprint density at radius 3 is 2.86 bits per heavy atom. The third kappa shape index (κ3) is 2.69. The summed E-state index contributed by atoms with van der Waals surface area (Å²) >= 11 is 0. The SMILES string of the molecule is CC(C)/C=C/c1cccnc1C(=O)O. The maximum Gasteiger partial charge on any atom is 0.355 e. The highest BCUT2D eigenvalue weighted by atomic mass is 16.4. The van der Waals surface area contributed by atoms with Crippen LogP contribution < -0.4 is 0 Å². The Labute approximate surface area is 83.1 Å². The standard InChI is InChI=1S/C11H13NO2/c1-8(2)5-6-9-4-3-7-12-10(9)11(13)14/h3-8H,1-2H3,(H,13,14)/b6-5+. The van der Waals surface area contributed by atoms with Crippen molar-refractivity contribution in [2.45, 2.75) is 13.8 Å². The highest BCUT2D eigenvalue weighted by molar-refractivity contribution is 5.89. The second-order valence-electron chi connectivity index (χ2n) is 3.35. The van der Waals surface area contributed by atoms with Gasteiger partial charge in [-0.25, -0.2) is 9.78 Å². The van der Waals surface area contributed by atoms with E-state index in [-0.39, 0.29) is 5.69 Å². The summed E-state index contributed by atoms with van der Waals surface area (Å²) in [6.45, 7) is 4.07. The molecule has 1 heterocycles. The molecule has 1 N–H and O–H groups in total. The molecule has 0 amide bonds. The maximum atomic E-state index is 10.8. The van der Waals surface area contributed by atoms with Gasteiger partial charge in [-0.3, -0.25) is 0 Å². The first-order valence-corrected chi connectivity index (χ1v) is 4.47. The molecule has 3 heteroatoms. The van der Waals surface area contributed by atoms with Crippen LogP contribution in [0.3, 0.4) is 0 Å². The number of pyridine rings is 1. The lowest BCUT2D eigenvalue weighted by Crippen LogP contribution is -2.02. The summed E-state index contributed by atoms with van der Waals surface area (Å²) in [5, 5.41) is 8.83. The molecule has 0 saturated carbocycles. The predicted molar refractivity (Wildman–Crippen MR) is 55.1 cm³/mol. The molecule has 0 unspecified atom stereocenters. The zero-order chi connectivity index (χ0) is 10.6. The molecule has 0 radical (unpaired) electrons. The van der Waals surface area contributed by atoms with Crippen LogP contribution in [0.2, 0.25) is 0 Å². The lowest BCUT2D eigenvalue weighted by molar-refractivity contribution is 0.0690. The Balaban J connectivity index is 3.02. The minimum absolute atomic E-state index is 0.101. The predicted octanol–water partition coefficient (Wildman–Crippen LogP) is 2.45. The van der Waals surface area contributed by atoms with Crippen LogP contribution in [0.5, 0.6) is 0 Å². The van der Waals surface area contributed by atoms with Gasteiger partial charge in [0.25, 0.3) is 0 Å². The van der Waals surface area contributed by atoms with Gasteiger partial charge in [0.2, 0.25) is 0 Å². The smallest absolute Gasteiger partial charge is 0.355 e. The van der Waals surface area contributed by atoms with E-state index < -0.39 is 5.97 Å². The molecular formula is C11H13NO2. The zero-order valence-corrected chi connectivity index (χ0v) is 8.27. The van der Waals surface area contributed by atoms with E-state index in [2.05, 4.69) is 4.98 Å². The van der Waals surface area contributed by atoms with E-state index in [1.165, 1.54) is 6.20 Å². The maximum absolute atomic E-state index is 10.8. The van der Waals surface area contributed by atoms with E-state index in [4.69, 9.17) is 5.11 Å². The van der Waals surface area contributed by atoms with Crippen molar-refractivity contribution in [2.24, 2.45) is 5.92 Å². The lowest BCUT2D eigenvalue weighted by atomic mass is 10.1. The monoisotopic (exact) mass is 191 g/mol. The first kappa shape index (κ1) is 10.4. The highest BCUT2D eigenvalue weighted by Crippen LogP contribution is 2.09. The summed E-state index contributed by atoms with van der Waals surface area (Å²) in [4.78, 5) is 14.6. The second-order valence-corrected chi connectivity index (χ2v) is 3.35. The highest BCUT2D eigenvalue weighted by Gasteiger charge is 2.07. The minimum Gasteiger partial charge on any atom is -0.476 e. The lowest BCUT2D eigenvalue weighted by Gasteiger charge is -1.99. The zero-order valence-electron chi connectivity index (χ0n) is 8.27. The molecule has 0 aromatic carbocycles. The van der Waals surface area contributed by atoms with Crippen molar-refractivity contribution < 1.29 is 9.90 Å². The normalized spacial score (nSPS) is 11.1. The molecule has 0 fully saturated rings. The number of aromatic nitrogens is 1. The Morgan fingerprint density at radius 2 is 2.29 bits per heavy atom. The van der Waals surface area contributed by atoms with Gasteiger partial charge in [0.05, 0.1) is 0 Å². The fourth-order valence-corrected chi connectivity index (χ4v) is 1.03. The first-order valence-electron chi connectivity index (χ1n) is 4.47. The number of aromatic carboxylic acids is 1. The van der Waals surface area contributed by atoms with Gasteiger partial charge < -0.3 is 5.11 Å². The Morgan fingerprint density at radius 1 is 1.57 bits per heavy atom. The van der Waals surface area contributed by atoms with Crippen molar-refractivity contribution >= 4 is 12.0 Å². The molecule has 0 spiro atoms. The van der Waals surface area contributed by atoms with Gasteiger partial charge in [0.15, 0.2) is 5.69 Å². The number of hydrogen-bond donors (Lipinski definition) is 1. The number of nitrogens with zero attached hydrogens (tertiary/aromatic N) is 1. The van der Waals surface area contributed by atoms with Crippen molar-refractivity contribution in [3.63, 3.8) is 0 Å². The van der Waals surface area contributed by atoms with Crippen LogP contribution in [0, 0.1) is 5.92 Å². The quantitative estimate of drug-likeness (QED) is 0.798. The molecule has 3 nitrogen and oxygen atoms in total. The number of carboxylic acid groups (broad SMARTS) is 1. The van der Waals surface area contributed by atoms with E-state index >= 15 is 0 Å². The van der Waals surface area contributed by atoms with E-state index in [1.54, 1.807) is 18.2 Å². The van der Waals surface area contributed by atoms with Gasteiger partial charge in [-0.2, -0.15) is 0 Å². The Bertz CT molecular complexity index is 356. The van der Waals surface area contributed by atoms with Gasteiger partial charge in [-0.05, 0) is 12.0 Å². The van der Waals surface area contributed by atoms with Crippen LogP contribution in [0.25, 0.3) is 6.08 Å². The van der Waals surface area contributed by atoms with E-state index in [1.807, 2.05) is 19.9 Å². The van der Waals surface area contributed by atoms with Crippen molar-refractivity contribution in [1.82, 2.24) is 4.98 Å². The molecule has 0 aliphatic heterocycles. The molecule has 0 aliphatic carbocycles. The molecule has 1 rings (SSSR count). The third-order valence-corrected chi connectivity index (χ3v) is 1.70. The molecule has 0 atom stereocenters. The first-order chi connectivity index (χ1) is 6.61.